The molecule has 1 aliphatic heterocycles. The van der Waals surface area contributed by atoms with Crippen LogP contribution in [-0.2, 0) is 4.79 Å². The number of aryl methyl sites for hydroxylation is 1. The molecule has 0 radical (unpaired) electrons. The van der Waals surface area contributed by atoms with Crippen molar-refractivity contribution >= 4 is 11.6 Å². The van der Waals surface area contributed by atoms with Gasteiger partial charge < -0.3 is 15.1 Å². The number of anilines is 1. The number of carbonyl (C=O) groups excluding carboxylic acids is 1. The standard InChI is InChI=1S/C16H15NO2.C9H11FO/c1-11-2-4-12(5-3-11)15-10-16(19)17(15)13-6-8-14(18)9-7-13;1-2-9(11)7-3-5-8(10)6-4-7/h2-9,15,18H,10H2,1H3;3-6,9,11H,2H2,1H3. The van der Waals surface area contributed by atoms with Crippen molar-refractivity contribution < 1.29 is 19.4 Å². The summed E-state index contributed by atoms with van der Waals surface area (Å²) in [5.41, 5.74) is 3.97. The molecule has 2 atom stereocenters. The Morgan fingerprint density at radius 2 is 1.60 bits per heavy atom. The van der Waals surface area contributed by atoms with Crippen molar-refractivity contribution in [2.24, 2.45) is 0 Å². The van der Waals surface area contributed by atoms with E-state index in [2.05, 4.69) is 24.3 Å². The number of benzene rings is 3. The fourth-order valence-corrected chi connectivity index (χ4v) is 3.33. The van der Waals surface area contributed by atoms with Gasteiger partial charge in [-0.05, 0) is 60.9 Å². The van der Waals surface area contributed by atoms with E-state index in [0.29, 0.717) is 12.8 Å². The van der Waals surface area contributed by atoms with Crippen molar-refractivity contribution in [1.29, 1.82) is 0 Å². The SMILES string of the molecule is CCC(O)c1ccc(F)cc1.Cc1ccc(C2CC(=O)N2c2ccc(O)cc2)cc1. The molecule has 0 aromatic heterocycles. The second kappa shape index (κ2) is 9.55. The molecule has 1 heterocycles. The fourth-order valence-electron chi connectivity index (χ4n) is 3.33. The molecule has 1 saturated heterocycles. The van der Waals surface area contributed by atoms with E-state index in [9.17, 15) is 19.4 Å². The Balaban J connectivity index is 0.000000199. The molecule has 3 aromatic rings. The first-order valence-corrected chi connectivity index (χ1v) is 10.00. The Labute approximate surface area is 176 Å². The molecule has 4 nitrogen and oxygen atoms in total. The van der Waals surface area contributed by atoms with Gasteiger partial charge in [0.05, 0.1) is 18.6 Å². The lowest BCUT2D eigenvalue weighted by Gasteiger charge is -2.40. The van der Waals surface area contributed by atoms with Gasteiger partial charge in [-0.25, -0.2) is 4.39 Å². The van der Waals surface area contributed by atoms with Crippen molar-refractivity contribution in [2.75, 3.05) is 4.90 Å². The first kappa shape index (κ1) is 21.5. The molecule has 30 heavy (non-hydrogen) atoms. The summed E-state index contributed by atoms with van der Waals surface area (Å²) in [6.07, 6.45) is 0.742. The molecule has 0 aliphatic carbocycles. The van der Waals surface area contributed by atoms with E-state index in [1.807, 2.05) is 13.8 Å². The number of phenols is 1. The monoisotopic (exact) mass is 407 g/mol. The summed E-state index contributed by atoms with van der Waals surface area (Å²) in [5, 5.41) is 18.6. The van der Waals surface area contributed by atoms with Crippen LogP contribution in [0.15, 0.2) is 72.8 Å². The minimum absolute atomic E-state index is 0.109. The highest BCUT2D eigenvalue weighted by molar-refractivity contribution is 6.01. The second-order valence-corrected chi connectivity index (χ2v) is 7.39. The third-order valence-electron chi connectivity index (χ3n) is 5.18. The maximum absolute atomic E-state index is 12.4. The minimum atomic E-state index is -0.462. The molecule has 1 aliphatic rings. The van der Waals surface area contributed by atoms with Gasteiger partial charge in [0, 0.05) is 5.69 Å². The van der Waals surface area contributed by atoms with Gasteiger partial charge >= 0.3 is 0 Å². The first-order chi connectivity index (χ1) is 14.4. The van der Waals surface area contributed by atoms with Crippen molar-refractivity contribution in [3.63, 3.8) is 0 Å². The minimum Gasteiger partial charge on any atom is -0.508 e. The normalized spacial score (nSPS) is 16.3. The number of hydrogen-bond acceptors (Lipinski definition) is 3. The summed E-state index contributed by atoms with van der Waals surface area (Å²) >= 11 is 0. The van der Waals surface area contributed by atoms with Gasteiger partial charge in [-0.3, -0.25) is 4.79 Å². The molecule has 4 rings (SSSR count). The Morgan fingerprint density at radius 1 is 1.00 bits per heavy atom. The molecule has 0 saturated carbocycles. The number of aliphatic hydroxyl groups excluding tert-OH is 1. The highest BCUT2D eigenvalue weighted by atomic mass is 19.1. The van der Waals surface area contributed by atoms with Gasteiger partial charge in [0.1, 0.15) is 11.6 Å². The molecule has 3 aromatic carbocycles. The maximum atomic E-state index is 12.4. The number of halogens is 1. The Morgan fingerprint density at radius 3 is 2.13 bits per heavy atom. The zero-order valence-corrected chi connectivity index (χ0v) is 17.1. The zero-order valence-electron chi connectivity index (χ0n) is 17.1. The molecular formula is C25H26FNO3. The lowest BCUT2D eigenvalue weighted by Crippen LogP contribution is -2.46. The fraction of sp³-hybridized carbons (Fsp3) is 0.240. The van der Waals surface area contributed by atoms with Crippen LogP contribution in [0.2, 0.25) is 0 Å². The largest absolute Gasteiger partial charge is 0.508 e. The highest BCUT2D eigenvalue weighted by Gasteiger charge is 2.38. The first-order valence-electron chi connectivity index (χ1n) is 10.00. The molecule has 0 bridgehead atoms. The summed E-state index contributed by atoms with van der Waals surface area (Å²) in [5.74, 6) is 0.0666. The molecule has 1 fully saturated rings. The number of amides is 1. The molecule has 156 valence electrons. The van der Waals surface area contributed by atoms with Crippen LogP contribution in [0.4, 0.5) is 10.1 Å². The quantitative estimate of drug-likeness (QED) is 0.566. The van der Waals surface area contributed by atoms with E-state index in [-0.39, 0.29) is 23.5 Å². The van der Waals surface area contributed by atoms with Crippen LogP contribution in [-0.4, -0.2) is 16.1 Å². The van der Waals surface area contributed by atoms with Crippen LogP contribution in [0.5, 0.6) is 5.75 Å². The topological polar surface area (TPSA) is 60.8 Å². The van der Waals surface area contributed by atoms with E-state index in [1.165, 1.54) is 17.7 Å². The number of aliphatic hydroxyl groups is 1. The zero-order chi connectivity index (χ0) is 21.7. The highest BCUT2D eigenvalue weighted by Crippen LogP contribution is 2.39. The smallest absolute Gasteiger partial charge is 0.230 e. The molecular weight excluding hydrogens is 381 g/mol. The molecule has 0 spiro atoms. The van der Waals surface area contributed by atoms with Gasteiger partial charge in [-0.15, -0.1) is 0 Å². The average molecular weight is 407 g/mol. The number of phenolic OH excluding ortho intramolecular Hbond substituents is 1. The van der Waals surface area contributed by atoms with Crippen LogP contribution in [0.25, 0.3) is 0 Å². The molecule has 5 heteroatoms. The third-order valence-corrected chi connectivity index (χ3v) is 5.18. The summed E-state index contributed by atoms with van der Waals surface area (Å²) in [7, 11) is 0. The van der Waals surface area contributed by atoms with Crippen molar-refractivity contribution in [3.05, 3.63) is 95.3 Å². The van der Waals surface area contributed by atoms with E-state index >= 15 is 0 Å². The van der Waals surface area contributed by atoms with Gasteiger partial charge in [0.25, 0.3) is 0 Å². The van der Waals surface area contributed by atoms with Gasteiger partial charge in [0.15, 0.2) is 0 Å². The summed E-state index contributed by atoms with van der Waals surface area (Å²) in [6.45, 7) is 3.93. The predicted octanol–water partition coefficient (Wildman–Crippen LogP) is 5.45. The van der Waals surface area contributed by atoms with Gasteiger partial charge in [-0.1, -0.05) is 48.9 Å². The lowest BCUT2D eigenvalue weighted by molar-refractivity contribution is -0.124. The Kier molecular flexibility index (Phi) is 6.85. The van der Waals surface area contributed by atoms with Crippen LogP contribution < -0.4 is 4.90 Å². The second-order valence-electron chi connectivity index (χ2n) is 7.39. The Bertz CT molecular complexity index is 969. The molecule has 1 amide bonds. The van der Waals surface area contributed by atoms with Crippen molar-refractivity contribution in [3.8, 4) is 5.75 Å². The van der Waals surface area contributed by atoms with Gasteiger partial charge in [-0.2, -0.15) is 0 Å². The number of aromatic hydroxyl groups is 1. The van der Waals surface area contributed by atoms with E-state index < -0.39 is 6.10 Å². The molecule has 2 unspecified atom stereocenters. The number of hydrogen-bond donors (Lipinski definition) is 2. The van der Waals surface area contributed by atoms with Crippen molar-refractivity contribution in [2.45, 2.75) is 38.8 Å². The van der Waals surface area contributed by atoms with Crippen molar-refractivity contribution in [1.82, 2.24) is 0 Å². The van der Waals surface area contributed by atoms with Crippen LogP contribution in [0.3, 0.4) is 0 Å². The third kappa shape index (κ3) is 5.05. The predicted molar refractivity (Wildman–Crippen MR) is 116 cm³/mol. The van der Waals surface area contributed by atoms with Crippen LogP contribution in [0, 0.1) is 12.7 Å². The number of carbonyl (C=O) groups is 1. The van der Waals surface area contributed by atoms with Crippen LogP contribution >= 0.6 is 0 Å². The van der Waals surface area contributed by atoms with E-state index in [0.717, 1.165) is 16.8 Å². The lowest BCUT2D eigenvalue weighted by atomic mass is 9.92. The number of β-lactam (4-membered cyclic amide) rings is 1. The summed E-state index contributed by atoms with van der Waals surface area (Å²) < 4.78 is 12.4. The van der Waals surface area contributed by atoms with E-state index in [1.54, 1.807) is 41.3 Å². The summed E-state index contributed by atoms with van der Waals surface area (Å²) in [4.78, 5) is 13.6. The molecule has 2 N–H and O–H groups in total. The van der Waals surface area contributed by atoms with Gasteiger partial charge in [0.2, 0.25) is 5.91 Å². The van der Waals surface area contributed by atoms with E-state index in [4.69, 9.17) is 0 Å². The summed E-state index contributed by atoms with van der Waals surface area (Å²) in [6, 6.07) is 21.0. The van der Waals surface area contributed by atoms with Crippen LogP contribution in [0.1, 0.15) is 48.6 Å². The number of nitrogens with zero attached hydrogens (tertiary/aromatic N) is 1. The Hall–Kier alpha value is -3.18. The average Bonchev–Trinajstić information content (AvgIpc) is 2.75. The maximum Gasteiger partial charge on any atom is 0.230 e. The number of rotatable bonds is 4.